The first-order valence-corrected chi connectivity index (χ1v) is 13.0. The van der Waals surface area contributed by atoms with E-state index in [9.17, 15) is 4.79 Å². The van der Waals surface area contributed by atoms with Gasteiger partial charge in [0.05, 0.1) is 36.1 Å². The topological polar surface area (TPSA) is 117 Å². The van der Waals surface area contributed by atoms with Crippen molar-refractivity contribution in [1.29, 1.82) is 5.26 Å². The Bertz CT molecular complexity index is 1460. The second-order valence-corrected chi connectivity index (χ2v) is 9.65. The molecule has 9 nitrogen and oxygen atoms in total. The van der Waals surface area contributed by atoms with Crippen molar-refractivity contribution in [2.75, 3.05) is 25.5 Å². The molecular formula is C30H31N7O2. The van der Waals surface area contributed by atoms with E-state index in [2.05, 4.69) is 51.2 Å². The van der Waals surface area contributed by atoms with Gasteiger partial charge in [0.25, 0.3) is 0 Å². The predicted molar refractivity (Wildman–Crippen MR) is 149 cm³/mol. The van der Waals surface area contributed by atoms with Gasteiger partial charge in [-0.2, -0.15) is 10.4 Å². The number of nitriles is 1. The summed E-state index contributed by atoms with van der Waals surface area (Å²) in [6, 6.07) is 22.2. The van der Waals surface area contributed by atoms with E-state index in [-0.39, 0.29) is 30.5 Å². The fourth-order valence-corrected chi connectivity index (χ4v) is 4.67. The van der Waals surface area contributed by atoms with Crippen molar-refractivity contribution in [1.82, 2.24) is 25.4 Å². The highest BCUT2D eigenvalue weighted by atomic mass is 16.5. The minimum Gasteiger partial charge on any atom is -0.469 e. The second kappa shape index (κ2) is 11.8. The normalized spacial score (nSPS) is 15.7. The molecule has 4 aromatic rings. The molecular weight excluding hydrogens is 490 g/mol. The van der Waals surface area contributed by atoms with Crippen LogP contribution in [0.1, 0.15) is 35.6 Å². The highest BCUT2D eigenvalue weighted by molar-refractivity contribution is 5.75. The number of fused-ring (bicyclic) bond motifs is 1. The maximum absolute atomic E-state index is 11.7. The molecule has 1 aliphatic heterocycles. The molecule has 2 aromatic carbocycles. The number of nitrogens with zero attached hydrogens (tertiary/aromatic N) is 4. The number of benzene rings is 2. The average Bonchev–Trinajstić information content (AvgIpc) is 3.45. The van der Waals surface area contributed by atoms with Gasteiger partial charge in [0.1, 0.15) is 12.6 Å². The molecule has 5 rings (SSSR count). The molecule has 198 valence electrons. The summed E-state index contributed by atoms with van der Waals surface area (Å²) in [6.45, 7) is 3.68. The van der Waals surface area contributed by atoms with Crippen molar-refractivity contribution in [2.45, 2.75) is 31.5 Å². The Labute approximate surface area is 227 Å². The molecule has 3 atom stereocenters. The number of likely N-dealkylation sites (N-methyl/N-ethyl adjacent to an activating group) is 1. The van der Waals surface area contributed by atoms with Crippen LogP contribution in [0.2, 0.25) is 0 Å². The van der Waals surface area contributed by atoms with Crippen LogP contribution >= 0.6 is 0 Å². The highest BCUT2D eigenvalue weighted by Crippen LogP contribution is 2.34. The molecule has 9 heteroatoms. The summed E-state index contributed by atoms with van der Waals surface area (Å²) < 4.78 is 8.03. The monoisotopic (exact) mass is 521 g/mol. The zero-order chi connectivity index (χ0) is 27.2. The number of pyridine rings is 1. The number of aromatic nitrogens is 3. The van der Waals surface area contributed by atoms with E-state index in [1.165, 1.54) is 5.56 Å². The maximum atomic E-state index is 11.7. The number of nitrogens with one attached hydrogen (secondary N) is 3. The average molecular weight is 522 g/mol. The molecule has 0 aliphatic carbocycles. The fourth-order valence-electron chi connectivity index (χ4n) is 4.67. The van der Waals surface area contributed by atoms with Crippen LogP contribution in [0.3, 0.4) is 0 Å². The molecule has 0 spiro atoms. The van der Waals surface area contributed by atoms with Gasteiger partial charge in [-0.15, -0.1) is 0 Å². The lowest BCUT2D eigenvalue weighted by Gasteiger charge is -2.34. The second-order valence-electron chi connectivity index (χ2n) is 9.65. The van der Waals surface area contributed by atoms with Crippen molar-refractivity contribution < 1.29 is 9.53 Å². The first-order chi connectivity index (χ1) is 19.0. The van der Waals surface area contributed by atoms with E-state index >= 15 is 0 Å². The van der Waals surface area contributed by atoms with E-state index in [1.807, 2.05) is 54.7 Å². The minimum absolute atomic E-state index is 0.0582. The van der Waals surface area contributed by atoms with Gasteiger partial charge in [-0.25, -0.2) is 4.98 Å². The predicted octanol–water partition coefficient (Wildman–Crippen LogP) is 3.87. The van der Waals surface area contributed by atoms with Crippen LogP contribution in [0.25, 0.3) is 11.1 Å². The number of ether oxygens (including phenoxy) is 1. The van der Waals surface area contributed by atoms with Gasteiger partial charge in [0.15, 0.2) is 0 Å². The van der Waals surface area contributed by atoms with Gasteiger partial charge < -0.3 is 20.7 Å². The van der Waals surface area contributed by atoms with Crippen molar-refractivity contribution in [3.8, 4) is 23.1 Å². The summed E-state index contributed by atoms with van der Waals surface area (Å²) in [5.74, 6) is 0.690. The molecule has 0 radical (unpaired) electrons. The van der Waals surface area contributed by atoms with Crippen molar-refractivity contribution >= 4 is 11.6 Å². The smallest absolute Gasteiger partial charge is 0.241 e. The van der Waals surface area contributed by atoms with Crippen LogP contribution in [0, 0.1) is 11.3 Å². The lowest BCUT2D eigenvalue weighted by Crippen LogP contribution is -2.43. The zero-order valence-corrected chi connectivity index (χ0v) is 22.0. The lowest BCUT2D eigenvalue weighted by molar-refractivity contribution is -0.121. The minimum atomic E-state index is -0.179. The number of amides is 1. The maximum Gasteiger partial charge on any atom is 0.241 e. The first-order valence-electron chi connectivity index (χ1n) is 13.0. The largest absolute Gasteiger partial charge is 0.469 e. The number of hydrogen-bond acceptors (Lipinski definition) is 7. The standard InChI is InChI=1S/C30H31N7O2/c1-20(22-10-8-21(13-31)9-11-22)14-34-29(23-6-4-3-5-7-23)27-17-33-26-12-24(15-35-30(26)39-27)25-16-36-37(18-25)19-28(38)32-2/h3-12,15-16,18,20,27,29,33-34H,14,17,19H2,1-2H3,(H,32,38)/t20-,27-,29+/m0/s1. The molecule has 39 heavy (non-hydrogen) atoms. The summed E-state index contributed by atoms with van der Waals surface area (Å²) in [7, 11) is 1.60. The summed E-state index contributed by atoms with van der Waals surface area (Å²) in [6.07, 6.45) is 5.14. The number of hydrogen-bond donors (Lipinski definition) is 3. The molecule has 1 aliphatic rings. The molecule has 3 N–H and O–H groups in total. The van der Waals surface area contributed by atoms with Crippen LogP contribution in [-0.2, 0) is 11.3 Å². The Morgan fingerprint density at radius 1 is 1.15 bits per heavy atom. The Morgan fingerprint density at radius 2 is 1.95 bits per heavy atom. The molecule has 0 fully saturated rings. The molecule has 0 bridgehead atoms. The van der Waals surface area contributed by atoms with Crippen LogP contribution < -0.4 is 20.7 Å². The van der Waals surface area contributed by atoms with Gasteiger partial charge >= 0.3 is 0 Å². The third kappa shape index (κ3) is 6.08. The highest BCUT2D eigenvalue weighted by Gasteiger charge is 2.30. The van der Waals surface area contributed by atoms with Gasteiger partial charge in [-0.1, -0.05) is 49.4 Å². The van der Waals surface area contributed by atoms with E-state index in [4.69, 9.17) is 10.00 Å². The Morgan fingerprint density at radius 3 is 2.69 bits per heavy atom. The third-order valence-electron chi connectivity index (χ3n) is 6.94. The number of carbonyl (C=O) groups excluding carboxylic acids is 1. The summed E-state index contributed by atoms with van der Waals surface area (Å²) in [4.78, 5) is 16.3. The summed E-state index contributed by atoms with van der Waals surface area (Å²) in [5, 5.41) is 23.2. The van der Waals surface area contributed by atoms with Crippen LogP contribution in [-0.4, -0.2) is 46.9 Å². The van der Waals surface area contributed by atoms with Gasteiger partial charge in [-0.3, -0.25) is 9.48 Å². The number of carbonyl (C=O) groups is 1. The molecule has 3 heterocycles. The molecule has 2 aromatic heterocycles. The van der Waals surface area contributed by atoms with Crippen LogP contribution in [0.5, 0.6) is 5.88 Å². The zero-order valence-electron chi connectivity index (χ0n) is 22.0. The van der Waals surface area contributed by atoms with E-state index < -0.39 is 0 Å². The molecule has 0 saturated heterocycles. The lowest BCUT2D eigenvalue weighted by atomic mass is 9.96. The summed E-state index contributed by atoms with van der Waals surface area (Å²) in [5.41, 5.74) is 5.56. The molecule has 0 saturated carbocycles. The third-order valence-corrected chi connectivity index (χ3v) is 6.94. The number of rotatable bonds is 9. The quantitative estimate of drug-likeness (QED) is 0.306. The Balaban J connectivity index is 1.30. The molecule has 0 unspecified atom stereocenters. The fraction of sp³-hybridized carbons (Fsp3) is 0.267. The van der Waals surface area contributed by atoms with Gasteiger partial charge in [0, 0.05) is 37.1 Å². The van der Waals surface area contributed by atoms with Crippen molar-refractivity contribution in [3.63, 3.8) is 0 Å². The van der Waals surface area contributed by atoms with E-state index in [1.54, 1.807) is 24.1 Å². The Hall–Kier alpha value is -4.68. The SMILES string of the molecule is CNC(=O)Cn1cc(-c2cnc3c(c2)NC[C@@H]([C@H](NC[C@H](C)c2ccc(C#N)cc2)c2ccccc2)O3)cn1. The van der Waals surface area contributed by atoms with Crippen LogP contribution in [0.15, 0.2) is 79.3 Å². The molecule has 1 amide bonds. The van der Waals surface area contributed by atoms with Crippen molar-refractivity contribution in [3.05, 3.63) is 95.9 Å². The van der Waals surface area contributed by atoms with Gasteiger partial charge in [0.2, 0.25) is 11.8 Å². The Kier molecular flexibility index (Phi) is 7.85. The first kappa shape index (κ1) is 25.9. The summed E-state index contributed by atoms with van der Waals surface area (Å²) >= 11 is 0. The van der Waals surface area contributed by atoms with E-state index in [0.29, 0.717) is 18.0 Å². The van der Waals surface area contributed by atoms with Gasteiger partial charge in [-0.05, 0) is 35.2 Å². The van der Waals surface area contributed by atoms with Crippen LogP contribution in [0.4, 0.5) is 5.69 Å². The number of anilines is 1. The van der Waals surface area contributed by atoms with Crippen molar-refractivity contribution in [2.24, 2.45) is 0 Å². The van der Waals surface area contributed by atoms with E-state index in [0.717, 1.165) is 28.9 Å².